The molecule has 3 rings (SSSR count). The lowest BCUT2D eigenvalue weighted by Gasteiger charge is -2.25. The van der Waals surface area contributed by atoms with Gasteiger partial charge in [0.05, 0.1) is 5.33 Å². The average molecular weight is 320 g/mol. The summed E-state index contributed by atoms with van der Waals surface area (Å²) in [7, 11) is 0. The molecule has 1 atom stereocenters. The molecule has 0 fully saturated rings. The first kappa shape index (κ1) is 12.9. The highest BCUT2D eigenvalue weighted by Crippen LogP contribution is 2.35. The topological polar surface area (TPSA) is 30.7 Å². The Morgan fingerprint density at radius 3 is 2.95 bits per heavy atom. The van der Waals surface area contributed by atoms with Gasteiger partial charge in [0, 0.05) is 12.5 Å². The molecule has 19 heavy (non-hydrogen) atoms. The van der Waals surface area contributed by atoms with Crippen LogP contribution >= 0.6 is 15.9 Å². The summed E-state index contributed by atoms with van der Waals surface area (Å²) < 4.78 is 2.25. The van der Waals surface area contributed by atoms with Gasteiger partial charge in [-0.05, 0) is 37.3 Å². The maximum atomic E-state index is 4.46. The Hall–Kier alpha value is -1.16. The number of hydrogen-bond acceptors (Lipinski definition) is 2. The van der Waals surface area contributed by atoms with Crippen LogP contribution in [0, 0.1) is 0 Å². The van der Waals surface area contributed by atoms with Crippen LogP contribution in [0.5, 0.6) is 0 Å². The molecule has 0 saturated heterocycles. The van der Waals surface area contributed by atoms with Crippen LogP contribution in [0.25, 0.3) is 0 Å². The molecule has 1 aromatic carbocycles. The number of aromatic nitrogens is 3. The van der Waals surface area contributed by atoms with Crippen molar-refractivity contribution in [3.05, 3.63) is 47.0 Å². The molecular formula is C15H18BrN3. The first-order valence-corrected chi connectivity index (χ1v) is 8.03. The van der Waals surface area contributed by atoms with Crippen molar-refractivity contribution in [2.75, 3.05) is 0 Å². The van der Waals surface area contributed by atoms with Crippen LogP contribution in [0.15, 0.2) is 24.3 Å². The molecule has 1 aromatic heterocycles. The molecule has 1 heterocycles. The fourth-order valence-electron chi connectivity index (χ4n) is 3.07. The molecule has 0 amide bonds. The minimum Gasteiger partial charge on any atom is -0.314 e. The predicted octanol–water partition coefficient (Wildman–Crippen LogP) is 3.66. The number of nitrogens with zero attached hydrogens (tertiary/aromatic N) is 3. The molecule has 0 radical (unpaired) electrons. The monoisotopic (exact) mass is 319 g/mol. The number of benzene rings is 1. The van der Waals surface area contributed by atoms with Crippen molar-refractivity contribution in [2.24, 2.45) is 0 Å². The second-order valence-electron chi connectivity index (χ2n) is 5.00. The van der Waals surface area contributed by atoms with E-state index in [2.05, 4.69) is 61.9 Å². The largest absolute Gasteiger partial charge is 0.314 e. The Bertz CT molecular complexity index is 577. The maximum Gasteiger partial charge on any atom is 0.143 e. The molecule has 1 aliphatic carbocycles. The number of fused-ring (bicyclic) bond motifs is 1. The molecule has 1 unspecified atom stereocenters. The van der Waals surface area contributed by atoms with Gasteiger partial charge in [-0.25, -0.2) is 0 Å². The summed E-state index contributed by atoms with van der Waals surface area (Å²) in [6.07, 6.45) is 3.61. The molecule has 2 aromatic rings. The summed E-state index contributed by atoms with van der Waals surface area (Å²) in [4.78, 5) is 0. The van der Waals surface area contributed by atoms with Gasteiger partial charge in [0.25, 0.3) is 0 Å². The van der Waals surface area contributed by atoms with Crippen molar-refractivity contribution in [3.8, 4) is 0 Å². The van der Waals surface area contributed by atoms with Crippen LogP contribution in [0.4, 0.5) is 0 Å². The van der Waals surface area contributed by atoms with Gasteiger partial charge in [-0.3, -0.25) is 0 Å². The van der Waals surface area contributed by atoms with E-state index in [1.54, 1.807) is 0 Å². The van der Waals surface area contributed by atoms with Gasteiger partial charge >= 0.3 is 0 Å². The van der Waals surface area contributed by atoms with Crippen LogP contribution in [0.1, 0.15) is 48.5 Å². The van der Waals surface area contributed by atoms with E-state index in [9.17, 15) is 0 Å². The first-order valence-electron chi connectivity index (χ1n) is 6.91. The third kappa shape index (κ3) is 2.22. The number of rotatable bonds is 3. The Balaban J connectivity index is 2.06. The lowest BCUT2D eigenvalue weighted by Crippen LogP contribution is -2.16. The summed E-state index contributed by atoms with van der Waals surface area (Å²) in [5.41, 5.74) is 2.92. The SMILES string of the molecule is CCn1c(CBr)nnc1C1CCCc2ccccc21. The highest BCUT2D eigenvalue weighted by atomic mass is 79.9. The van der Waals surface area contributed by atoms with Crippen molar-refractivity contribution >= 4 is 15.9 Å². The number of hydrogen-bond donors (Lipinski definition) is 0. The van der Waals surface area contributed by atoms with E-state index in [0.29, 0.717) is 5.92 Å². The van der Waals surface area contributed by atoms with Gasteiger partial charge in [-0.1, -0.05) is 40.2 Å². The van der Waals surface area contributed by atoms with Gasteiger partial charge < -0.3 is 4.57 Å². The normalized spacial score (nSPS) is 18.3. The first-order chi connectivity index (χ1) is 9.35. The standard InChI is InChI=1S/C15H18BrN3/c1-2-19-14(10-16)17-18-15(19)13-9-5-7-11-6-3-4-8-12(11)13/h3-4,6,8,13H,2,5,7,9-10H2,1H3. The lowest BCUT2D eigenvalue weighted by atomic mass is 9.82. The predicted molar refractivity (Wildman–Crippen MR) is 79.6 cm³/mol. The second kappa shape index (κ2) is 5.45. The zero-order chi connectivity index (χ0) is 13.2. The quantitative estimate of drug-likeness (QED) is 0.808. The summed E-state index contributed by atoms with van der Waals surface area (Å²) >= 11 is 3.49. The maximum absolute atomic E-state index is 4.46. The molecule has 0 N–H and O–H groups in total. The van der Waals surface area contributed by atoms with Crippen molar-refractivity contribution in [2.45, 2.75) is 44.0 Å². The smallest absolute Gasteiger partial charge is 0.143 e. The van der Waals surface area contributed by atoms with Gasteiger partial charge in [-0.2, -0.15) is 0 Å². The van der Waals surface area contributed by atoms with E-state index in [1.165, 1.54) is 30.4 Å². The zero-order valence-electron chi connectivity index (χ0n) is 11.1. The number of halogens is 1. The van der Waals surface area contributed by atoms with Gasteiger partial charge in [0.2, 0.25) is 0 Å². The summed E-state index contributed by atoms with van der Waals surface area (Å²) in [6.45, 7) is 3.09. The van der Waals surface area contributed by atoms with Crippen LogP contribution in [0.3, 0.4) is 0 Å². The zero-order valence-corrected chi connectivity index (χ0v) is 12.7. The minimum absolute atomic E-state index is 0.408. The van der Waals surface area contributed by atoms with Gasteiger partial charge in [0.15, 0.2) is 0 Å². The molecule has 0 saturated carbocycles. The van der Waals surface area contributed by atoms with Crippen LogP contribution in [-0.4, -0.2) is 14.8 Å². The van der Waals surface area contributed by atoms with E-state index in [1.807, 2.05) is 0 Å². The van der Waals surface area contributed by atoms with Crippen LogP contribution in [0.2, 0.25) is 0 Å². The Kier molecular flexibility index (Phi) is 3.69. The summed E-state index contributed by atoms with van der Waals surface area (Å²) in [5, 5.41) is 9.55. The molecule has 0 bridgehead atoms. The lowest BCUT2D eigenvalue weighted by molar-refractivity contribution is 0.554. The molecule has 4 heteroatoms. The second-order valence-corrected chi connectivity index (χ2v) is 5.56. The Morgan fingerprint density at radius 1 is 1.32 bits per heavy atom. The van der Waals surface area contributed by atoms with Crippen molar-refractivity contribution in [1.82, 2.24) is 14.8 Å². The molecular weight excluding hydrogens is 302 g/mol. The van der Waals surface area contributed by atoms with E-state index >= 15 is 0 Å². The van der Waals surface area contributed by atoms with E-state index in [4.69, 9.17) is 0 Å². The molecule has 1 aliphatic rings. The highest BCUT2D eigenvalue weighted by Gasteiger charge is 2.26. The molecule has 3 nitrogen and oxygen atoms in total. The average Bonchev–Trinajstić information content (AvgIpc) is 2.89. The van der Waals surface area contributed by atoms with Gasteiger partial charge in [-0.15, -0.1) is 10.2 Å². The van der Waals surface area contributed by atoms with Crippen molar-refractivity contribution in [1.29, 1.82) is 0 Å². The summed E-state index contributed by atoms with van der Waals surface area (Å²) in [5.74, 6) is 2.56. The van der Waals surface area contributed by atoms with Crippen LogP contribution in [-0.2, 0) is 18.3 Å². The van der Waals surface area contributed by atoms with E-state index < -0.39 is 0 Å². The van der Waals surface area contributed by atoms with Crippen molar-refractivity contribution in [3.63, 3.8) is 0 Å². The Labute approximate surface area is 122 Å². The van der Waals surface area contributed by atoms with Crippen molar-refractivity contribution < 1.29 is 0 Å². The highest BCUT2D eigenvalue weighted by molar-refractivity contribution is 9.08. The third-order valence-electron chi connectivity index (χ3n) is 3.97. The number of aryl methyl sites for hydroxylation is 1. The molecule has 0 spiro atoms. The van der Waals surface area contributed by atoms with E-state index in [-0.39, 0.29) is 0 Å². The molecule has 0 aliphatic heterocycles. The number of alkyl halides is 1. The van der Waals surface area contributed by atoms with Crippen LogP contribution < -0.4 is 0 Å². The van der Waals surface area contributed by atoms with E-state index in [0.717, 1.165) is 23.5 Å². The van der Waals surface area contributed by atoms with Gasteiger partial charge in [0.1, 0.15) is 11.6 Å². The Morgan fingerprint density at radius 2 is 2.16 bits per heavy atom. The molecule has 100 valence electrons. The fourth-order valence-corrected chi connectivity index (χ4v) is 3.49. The fraction of sp³-hybridized carbons (Fsp3) is 0.467. The minimum atomic E-state index is 0.408. The third-order valence-corrected chi connectivity index (χ3v) is 4.47. The summed E-state index contributed by atoms with van der Waals surface area (Å²) in [6, 6.07) is 8.77.